The summed E-state index contributed by atoms with van der Waals surface area (Å²) in [6.45, 7) is 29.4. The number of esters is 1. The van der Waals surface area contributed by atoms with E-state index in [0.29, 0.717) is 51.9 Å². The van der Waals surface area contributed by atoms with Gasteiger partial charge in [-0.15, -0.1) is 0 Å². The van der Waals surface area contributed by atoms with Crippen molar-refractivity contribution in [2.75, 3.05) is 65.0 Å². The molecule has 1 aromatic carbocycles. The van der Waals surface area contributed by atoms with E-state index in [-0.39, 0.29) is 43.1 Å². The quantitative estimate of drug-likeness (QED) is 0.0791. The molecule has 3 aliphatic heterocycles. The molecule has 4 heterocycles. The van der Waals surface area contributed by atoms with Crippen molar-refractivity contribution in [3.8, 4) is 0 Å². The Morgan fingerprint density at radius 1 is 1.06 bits per heavy atom. The summed E-state index contributed by atoms with van der Waals surface area (Å²) in [5.41, 5.74) is 8.45. The molecule has 0 aliphatic carbocycles. The Morgan fingerprint density at radius 2 is 1.79 bits per heavy atom. The molecule has 1 aromatic heterocycles. The van der Waals surface area contributed by atoms with E-state index < -0.39 is 47.2 Å². The van der Waals surface area contributed by atoms with E-state index in [1.165, 1.54) is 16.0 Å². The van der Waals surface area contributed by atoms with Crippen LogP contribution in [0.4, 0.5) is 5.69 Å². The number of hydrogen-bond donors (Lipinski definition) is 2. The van der Waals surface area contributed by atoms with Crippen LogP contribution in [0.1, 0.15) is 92.8 Å². The van der Waals surface area contributed by atoms with Crippen molar-refractivity contribution in [2.45, 2.75) is 125 Å². The molecular formula is C51H76N8O8. The number of rotatable bonds is 19. The van der Waals surface area contributed by atoms with Gasteiger partial charge >= 0.3 is 5.97 Å². The fourth-order valence-electron chi connectivity index (χ4n) is 9.69. The summed E-state index contributed by atoms with van der Waals surface area (Å²) in [7, 11) is 3.26. The molecule has 2 aromatic rings. The lowest BCUT2D eigenvalue weighted by molar-refractivity contribution is -0.155. The van der Waals surface area contributed by atoms with Crippen LogP contribution in [0.3, 0.4) is 0 Å². The first kappa shape index (κ1) is 52.6. The maximum Gasteiger partial charge on any atom is 0.324 e. The van der Waals surface area contributed by atoms with Crippen molar-refractivity contribution in [1.82, 2.24) is 30.1 Å². The Labute approximate surface area is 397 Å². The van der Waals surface area contributed by atoms with E-state index >= 15 is 0 Å². The number of anilines is 1. The predicted molar refractivity (Wildman–Crippen MR) is 263 cm³/mol. The van der Waals surface area contributed by atoms with Gasteiger partial charge in [0.2, 0.25) is 17.7 Å². The third-order valence-electron chi connectivity index (χ3n) is 13.2. The molecule has 16 nitrogen and oxygen atoms in total. The number of hydrazine groups is 1. The van der Waals surface area contributed by atoms with E-state index in [1.54, 1.807) is 32.2 Å². The van der Waals surface area contributed by atoms with Crippen molar-refractivity contribution in [2.24, 2.45) is 22.2 Å². The fraction of sp³-hybridized carbons (Fsp3) is 0.608. The summed E-state index contributed by atoms with van der Waals surface area (Å²) < 4.78 is 20.1. The highest BCUT2D eigenvalue weighted by Gasteiger charge is 2.39. The molecule has 16 heteroatoms. The summed E-state index contributed by atoms with van der Waals surface area (Å²) >= 11 is 0. The average Bonchev–Trinajstić information content (AvgIpc) is 3.92. The first-order valence-corrected chi connectivity index (χ1v) is 23.9. The standard InChI is InChI=1S/C51H76N8O8/c1-14-38(44(52-16-3)35(9)65-13)46-40(39-27-37(20-21-42(39)58(46)17-4)56-25-26-66-33(7)29-56)28-51(10,11)31-67-50(64)41-19-18-23-59(54-41)48(62)34(8)53-47(61)45(32(5)6)55(12)49(63)36-22-24-57(30-36)43(60)15-2/h14-16,20-21,27,32-36,41,45,54H,1-2,17-19,22-26,28-31H2,3-13H3,(H,53,61)/b44-38+,52-16-/t33-,34+,35+,36+,41+,45+/m1/s1. The highest BCUT2D eigenvalue weighted by atomic mass is 16.5. The normalized spacial score (nSPS) is 21.0. The van der Waals surface area contributed by atoms with Crippen LogP contribution in [-0.2, 0) is 51.1 Å². The topological polar surface area (TPSA) is 167 Å². The monoisotopic (exact) mass is 929 g/mol. The fourth-order valence-corrected chi connectivity index (χ4v) is 9.69. The number of nitrogens with zero attached hydrogens (tertiary/aromatic N) is 6. The van der Waals surface area contributed by atoms with Crippen LogP contribution in [0, 0.1) is 17.3 Å². The highest BCUT2D eigenvalue weighted by molar-refractivity contribution is 5.96. The summed E-state index contributed by atoms with van der Waals surface area (Å²) in [4.78, 5) is 77.3. The lowest BCUT2D eigenvalue weighted by Gasteiger charge is -2.36. The SMILES string of the molecule is C=CC(=O)N1CC[C@H](C(=O)N(C)[C@H](C(=O)N[C@@H](C)C(=O)N2CCC[C@@H](C(=O)OCC(C)(C)Cc3c(/C(C=C)=C(/N=C\C)[C@H](C)OC)n(CC)c4ccc(N5CCO[C@H](C)C5)cc34)N2)C(C)C)C1. The first-order chi connectivity index (χ1) is 31.8. The van der Waals surface area contributed by atoms with Crippen LogP contribution in [0.5, 0.6) is 0 Å². The van der Waals surface area contributed by atoms with E-state index in [1.807, 2.05) is 33.8 Å². The third-order valence-corrected chi connectivity index (χ3v) is 13.2. The smallest absolute Gasteiger partial charge is 0.324 e. The van der Waals surface area contributed by atoms with Gasteiger partial charge in [-0.05, 0) is 96.1 Å². The number of morpholine rings is 1. The maximum absolute atomic E-state index is 13.9. The number of amides is 4. The van der Waals surface area contributed by atoms with Crippen LogP contribution < -0.4 is 15.6 Å². The van der Waals surface area contributed by atoms with Gasteiger partial charge in [-0.1, -0.05) is 46.9 Å². The molecule has 5 rings (SSSR count). The number of nitrogens with one attached hydrogen (secondary N) is 2. The number of allylic oxidation sites excluding steroid dienone is 2. The number of aryl methyl sites for hydroxylation is 1. The molecule has 0 radical (unpaired) electrons. The molecule has 4 amide bonds. The second-order valence-corrected chi connectivity index (χ2v) is 19.3. The Bertz CT molecular complexity index is 2210. The van der Waals surface area contributed by atoms with Crippen molar-refractivity contribution < 1.29 is 38.2 Å². The second-order valence-electron chi connectivity index (χ2n) is 19.3. The predicted octanol–water partition coefficient (Wildman–Crippen LogP) is 5.54. The Hall–Kier alpha value is -5.32. The van der Waals surface area contributed by atoms with E-state index in [2.05, 4.69) is 79.3 Å². The Balaban J connectivity index is 1.31. The second kappa shape index (κ2) is 23.1. The van der Waals surface area contributed by atoms with Crippen LogP contribution in [-0.4, -0.2) is 146 Å². The summed E-state index contributed by atoms with van der Waals surface area (Å²) in [6.07, 6.45) is 6.72. The number of likely N-dealkylation sites (tertiary alicyclic amines) is 1. The number of carbonyl (C=O) groups excluding carboxylic acids is 5. The Morgan fingerprint density at radius 3 is 2.42 bits per heavy atom. The number of ether oxygens (including phenoxy) is 3. The van der Waals surface area contributed by atoms with Crippen LogP contribution >= 0.6 is 0 Å². The zero-order chi connectivity index (χ0) is 49.3. The van der Waals surface area contributed by atoms with Crippen LogP contribution in [0.15, 0.2) is 54.2 Å². The highest BCUT2D eigenvalue weighted by Crippen LogP contribution is 2.40. The summed E-state index contributed by atoms with van der Waals surface area (Å²) in [5, 5.41) is 5.30. The van der Waals surface area contributed by atoms with E-state index in [0.717, 1.165) is 52.2 Å². The molecule has 6 atom stereocenters. The van der Waals surface area contributed by atoms with Crippen LogP contribution in [0.2, 0.25) is 0 Å². The molecule has 368 valence electrons. The zero-order valence-corrected chi connectivity index (χ0v) is 41.9. The van der Waals surface area contributed by atoms with Gasteiger partial charge < -0.3 is 38.8 Å². The number of likely N-dealkylation sites (N-methyl/N-ethyl adjacent to an activating group) is 1. The van der Waals surface area contributed by atoms with Gasteiger partial charge in [0, 0.05) is 87.2 Å². The first-order valence-electron chi connectivity index (χ1n) is 23.9. The minimum atomic E-state index is -0.956. The van der Waals surface area contributed by atoms with Crippen molar-refractivity contribution >= 4 is 58.0 Å². The summed E-state index contributed by atoms with van der Waals surface area (Å²) in [6, 6.07) is 4.05. The van der Waals surface area contributed by atoms with Gasteiger partial charge in [-0.3, -0.25) is 34.0 Å². The maximum atomic E-state index is 13.9. The average molecular weight is 929 g/mol. The number of carbonyl (C=O) groups is 5. The van der Waals surface area contributed by atoms with Gasteiger partial charge in [0.15, 0.2) is 0 Å². The molecule has 0 unspecified atom stereocenters. The minimum absolute atomic E-state index is 0.108. The molecule has 0 saturated carbocycles. The zero-order valence-electron chi connectivity index (χ0n) is 41.9. The lowest BCUT2D eigenvalue weighted by Crippen LogP contribution is -2.61. The van der Waals surface area contributed by atoms with Crippen molar-refractivity contribution in [3.63, 3.8) is 0 Å². The van der Waals surface area contributed by atoms with Gasteiger partial charge in [-0.25, -0.2) is 5.43 Å². The molecule has 0 bridgehead atoms. The van der Waals surface area contributed by atoms with E-state index in [4.69, 9.17) is 19.2 Å². The number of fused-ring (bicyclic) bond motifs is 1. The van der Waals surface area contributed by atoms with Gasteiger partial charge in [-0.2, -0.15) is 0 Å². The largest absolute Gasteiger partial charge is 0.464 e. The summed E-state index contributed by atoms with van der Waals surface area (Å²) in [5.74, 6) is -2.52. The molecule has 3 saturated heterocycles. The van der Waals surface area contributed by atoms with E-state index in [9.17, 15) is 24.0 Å². The number of methoxy groups -OCH3 is 1. The molecule has 0 spiro atoms. The molecule has 3 aliphatic rings. The van der Waals surface area contributed by atoms with Gasteiger partial charge in [0.1, 0.15) is 18.1 Å². The third kappa shape index (κ3) is 12.2. The molecule has 3 fully saturated rings. The van der Waals surface area contributed by atoms with Crippen LogP contribution in [0.25, 0.3) is 16.5 Å². The van der Waals surface area contributed by atoms with Gasteiger partial charge in [0.05, 0.1) is 42.7 Å². The lowest BCUT2D eigenvalue weighted by atomic mass is 9.84. The number of aliphatic imine (C=N–C) groups is 1. The molecular weight excluding hydrogens is 853 g/mol. The minimum Gasteiger partial charge on any atom is -0.464 e. The Kier molecular flexibility index (Phi) is 18.2. The molecule has 2 N–H and O–H groups in total. The van der Waals surface area contributed by atoms with Crippen molar-refractivity contribution in [1.29, 1.82) is 0 Å². The number of benzene rings is 1. The molecule has 67 heavy (non-hydrogen) atoms. The number of aromatic nitrogens is 1. The van der Waals surface area contributed by atoms with Crippen molar-refractivity contribution in [3.05, 3.63) is 60.5 Å². The number of hydrogen-bond acceptors (Lipinski definition) is 11. The van der Waals surface area contributed by atoms with Gasteiger partial charge in [0.25, 0.3) is 5.91 Å².